The number of hydrogen-bond donors (Lipinski definition) is 2. The number of benzene rings is 2. The minimum Gasteiger partial charge on any atom is -0.462 e. The standard InChI is InChI=1S/C22H26ClNO3.ClH/c1-2-27-22(26)18-9-8-16-7-6-15(10-19(16)11-18)13-24-14-21(25)17-4-3-5-20(23)12-17;/h3-5,8-9,11-12,15,21,24-25H,2,6-7,10,13-14H2,1H3;1H. The molecule has 0 radical (unpaired) electrons. The van der Waals surface area contributed by atoms with Crippen LogP contribution in [0.25, 0.3) is 0 Å². The first kappa shape index (κ1) is 22.7. The second-order valence-corrected chi connectivity index (χ2v) is 7.48. The average molecular weight is 424 g/mol. The lowest BCUT2D eigenvalue weighted by atomic mass is 9.83. The van der Waals surface area contributed by atoms with Gasteiger partial charge in [0.05, 0.1) is 18.3 Å². The summed E-state index contributed by atoms with van der Waals surface area (Å²) in [5, 5.41) is 14.3. The van der Waals surface area contributed by atoms with Gasteiger partial charge in [0.15, 0.2) is 0 Å². The summed E-state index contributed by atoms with van der Waals surface area (Å²) in [6, 6.07) is 13.2. The molecule has 2 N–H and O–H groups in total. The summed E-state index contributed by atoms with van der Waals surface area (Å²) in [5.74, 6) is 0.228. The molecule has 0 amide bonds. The molecule has 2 aromatic carbocycles. The van der Waals surface area contributed by atoms with E-state index in [4.69, 9.17) is 16.3 Å². The van der Waals surface area contributed by atoms with Crippen molar-refractivity contribution in [1.82, 2.24) is 5.32 Å². The first-order valence-electron chi connectivity index (χ1n) is 9.50. The smallest absolute Gasteiger partial charge is 0.338 e. The quantitative estimate of drug-likeness (QED) is 0.649. The number of aliphatic hydroxyl groups is 1. The number of carbonyl (C=O) groups excluding carboxylic acids is 1. The van der Waals surface area contributed by atoms with Crippen molar-refractivity contribution in [3.05, 3.63) is 69.7 Å². The van der Waals surface area contributed by atoms with Crippen LogP contribution in [0.1, 0.15) is 46.5 Å². The average Bonchev–Trinajstić information content (AvgIpc) is 2.67. The van der Waals surface area contributed by atoms with Crippen molar-refractivity contribution in [3.8, 4) is 0 Å². The number of carbonyl (C=O) groups is 1. The third-order valence-electron chi connectivity index (χ3n) is 5.05. The van der Waals surface area contributed by atoms with Crippen LogP contribution in [0.2, 0.25) is 5.02 Å². The van der Waals surface area contributed by atoms with Crippen LogP contribution in [0.5, 0.6) is 0 Å². The molecular formula is C22H27Cl2NO3. The van der Waals surface area contributed by atoms with Crippen LogP contribution in [0.3, 0.4) is 0 Å². The monoisotopic (exact) mass is 423 g/mol. The number of esters is 1. The Morgan fingerprint density at radius 1 is 1.29 bits per heavy atom. The van der Waals surface area contributed by atoms with Crippen LogP contribution in [0.4, 0.5) is 0 Å². The Hall–Kier alpha value is -1.59. The number of hydrogen-bond acceptors (Lipinski definition) is 4. The molecule has 0 fully saturated rings. The molecule has 0 bridgehead atoms. The molecule has 0 spiro atoms. The van der Waals surface area contributed by atoms with Gasteiger partial charge in [0.2, 0.25) is 0 Å². The van der Waals surface area contributed by atoms with E-state index in [1.807, 2.05) is 37.3 Å². The van der Waals surface area contributed by atoms with Gasteiger partial charge in [-0.2, -0.15) is 0 Å². The van der Waals surface area contributed by atoms with Crippen molar-refractivity contribution in [2.45, 2.75) is 32.3 Å². The van der Waals surface area contributed by atoms with Gasteiger partial charge in [-0.1, -0.05) is 29.8 Å². The van der Waals surface area contributed by atoms with E-state index in [-0.39, 0.29) is 18.4 Å². The number of ether oxygens (including phenoxy) is 1. The molecule has 0 saturated carbocycles. The predicted octanol–water partition coefficient (Wildman–Crippen LogP) is 4.37. The van der Waals surface area contributed by atoms with Crippen LogP contribution in [0.15, 0.2) is 42.5 Å². The van der Waals surface area contributed by atoms with Crippen molar-refractivity contribution in [2.24, 2.45) is 5.92 Å². The van der Waals surface area contributed by atoms with Gasteiger partial charge in [0, 0.05) is 11.6 Å². The highest BCUT2D eigenvalue weighted by molar-refractivity contribution is 6.30. The zero-order chi connectivity index (χ0) is 19.2. The number of rotatable bonds is 7. The van der Waals surface area contributed by atoms with Gasteiger partial charge in [-0.15, -0.1) is 12.4 Å². The van der Waals surface area contributed by atoms with Gasteiger partial charge >= 0.3 is 5.97 Å². The molecule has 1 aliphatic carbocycles. The zero-order valence-corrected chi connectivity index (χ0v) is 17.6. The van der Waals surface area contributed by atoms with Gasteiger partial charge in [0.25, 0.3) is 0 Å². The SMILES string of the molecule is CCOC(=O)c1ccc2c(c1)CC(CNCC(O)c1cccc(Cl)c1)CC2.Cl. The van der Waals surface area contributed by atoms with E-state index in [9.17, 15) is 9.90 Å². The molecule has 2 unspecified atom stereocenters. The van der Waals surface area contributed by atoms with Gasteiger partial charge < -0.3 is 15.2 Å². The molecule has 0 aliphatic heterocycles. The van der Waals surface area contributed by atoms with Crippen molar-refractivity contribution in [2.75, 3.05) is 19.7 Å². The minimum atomic E-state index is -0.574. The van der Waals surface area contributed by atoms with E-state index in [2.05, 4.69) is 5.32 Å². The van der Waals surface area contributed by atoms with E-state index in [0.29, 0.717) is 29.7 Å². The zero-order valence-electron chi connectivity index (χ0n) is 16.0. The lowest BCUT2D eigenvalue weighted by Crippen LogP contribution is -2.30. The molecule has 2 atom stereocenters. The molecule has 0 heterocycles. The van der Waals surface area contributed by atoms with E-state index in [1.54, 1.807) is 12.1 Å². The largest absolute Gasteiger partial charge is 0.462 e. The second-order valence-electron chi connectivity index (χ2n) is 7.04. The highest BCUT2D eigenvalue weighted by Gasteiger charge is 2.20. The van der Waals surface area contributed by atoms with Gasteiger partial charge in [-0.05, 0) is 79.6 Å². The molecule has 2 aromatic rings. The van der Waals surface area contributed by atoms with Gasteiger partial charge in [-0.3, -0.25) is 0 Å². The lowest BCUT2D eigenvalue weighted by molar-refractivity contribution is 0.0526. The molecule has 6 heteroatoms. The Kier molecular flexibility index (Phi) is 8.77. The van der Waals surface area contributed by atoms with Crippen LogP contribution in [0, 0.1) is 5.92 Å². The molecule has 0 aromatic heterocycles. The molecule has 152 valence electrons. The summed E-state index contributed by atoms with van der Waals surface area (Å²) in [4.78, 5) is 11.9. The maximum Gasteiger partial charge on any atom is 0.338 e. The third kappa shape index (κ3) is 5.95. The summed E-state index contributed by atoms with van der Waals surface area (Å²) in [5.41, 5.74) is 4.00. The van der Waals surface area contributed by atoms with Crippen LogP contribution in [-0.2, 0) is 17.6 Å². The van der Waals surface area contributed by atoms with Crippen molar-refractivity contribution in [3.63, 3.8) is 0 Å². The van der Waals surface area contributed by atoms with Crippen molar-refractivity contribution in [1.29, 1.82) is 0 Å². The Morgan fingerprint density at radius 3 is 2.86 bits per heavy atom. The van der Waals surface area contributed by atoms with Gasteiger partial charge in [0.1, 0.15) is 0 Å². The summed E-state index contributed by atoms with van der Waals surface area (Å²) in [6.45, 7) is 3.53. The molecule has 28 heavy (non-hydrogen) atoms. The Labute approximate surface area is 177 Å². The first-order valence-corrected chi connectivity index (χ1v) is 9.87. The molecular weight excluding hydrogens is 397 g/mol. The highest BCUT2D eigenvalue weighted by atomic mass is 35.5. The van der Waals surface area contributed by atoms with Crippen LogP contribution < -0.4 is 5.32 Å². The number of aryl methyl sites for hydroxylation is 1. The Morgan fingerprint density at radius 2 is 2.11 bits per heavy atom. The number of halogens is 2. The van der Waals surface area contributed by atoms with E-state index in [1.165, 1.54) is 11.1 Å². The first-order chi connectivity index (χ1) is 13.1. The maximum atomic E-state index is 11.9. The summed E-state index contributed by atoms with van der Waals surface area (Å²) < 4.78 is 5.10. The Bertz CT molecular complexity index is 797. The van der Waals surface area contributed by atoms with Gasteiger partial charge in [-0.25, -0.2) is 4.79 Å². The van der Waals surface area contributed by atoms with Crippen LogP contribution in [-0.4, -0.2) is 30.8 Å². The van der Waals surface area contributed by atoms with Crippen molar-refractivity contribution < 1.29 is 14.6 Å². The molecule has 3 rings (SSSR count). The number of aliphatic hydroxyl groups excluding tert-OH is 1. The fourth-order valence-electron chi connectivity index (χ4n) is 3.60. The number of nitrogens with one attached hydrogen (secondary N) is 1. The fourth-order valence-corrected chi connectivity index (χ4v) is 3.80. The maximum absolute atomic E-state index is 11.9. The highest BCUT2D eigenvalue weighted by Crippen LogP contribution is 2.26. The van der Waals surface area contributed by atoms with Crippen molar-refractivity contribution >= 4 is 30.0 Å². The van der Waals surface area contributed by atoms with E-state index in [0.717, 1.165) is 31.4 Å². The topological polar surface area (TPSA) is 58.6 Å². The Balaban J connectivity index is 0.00000280. The summed E-state index contributed by atoms with van der Waals surface area (Å²) >= 11 is 5.98. The summed E-state index contributed by atoms with van der Waals surface area (Å²) in [6.07, 6.45) is 2.48. The molecule has 1 aliphatic rings. The predicted molar refractivity (Wildman–Crippen MR) is 114 cm³/mol. The second kappa shape index (κ2) is 10.8. The van der Waals surface area contributed by atoms with E-state index < -0.39 is 6.10 Å². The number of fused-ring (bicyclic) bond motifs is 1. The van der Waals surface area contributed by atoms with E-state index >= 15 is 0 Å². The minimum absolute atomic E-state index is 0. The normalized spacial score (nSPS) is 16.6. The molecule has 4 nitrogen and oxygen atoms in total. The fraction of sp³-hybridized carbons (Fsp3) is 0.409. The lowest BCUT2D eigenvalue weighted by Gasteiger charge is -2.26. The third-order valence-corrected chi connectivity index (χ3v) is 5.29. The van der Waals surface area contributed by atoms with Crippen LogP contribution >= 0.6 is 24.0 Å². The molecule has 0 saturated heterocycles. The summed E-state index contributed by atoms with van der Waals surface area (Å²) in [7, 11) is 0.